The summed E-state index contributed by atoms with van der Waals surface area (Å²) >= 11 is 0. The van der Waals surface area contributed by atoms with Crippen LogP contribution in [0.3, 0.4) is 0 Å². The van der Waals surface area contributed by atoms with E-state index in [-0.39, 0.29) is 17.6 Å². The molecule has 7 heteroatoms. The zero-order valence-electron chi connectivity index (χ0n) is 15.4. The average Bonchev–Trinajstić information content (AvgIpc) is 2.67. The van der Waals surface area contributed by atoms with Crippen molar-refractivity contribution in [3.8, 4) is 6.07 Å². The molecule has 0 spiro atoms. The molecule has 2 atom stereocenters. The molecular formula is C19H24N6O. The molecule has 2 aromatic rings. The quantitative estimate of drug-likeness (QED) is 0.904. The van der Waals surface area contributed by atoms with Gasteiger partial charge in [0.05, 0.1) is 11.9 Å². The molecule has 1 N–H and O–H groups in total. The molecule has 0 radical (unpaired) electrons. The monoisotopic (exact) mass is 352 g/mol. The van der Waals surface area contributed by atoms with Gasteiger partial charge in [-0.15, -0.1) is 0 Å². The number of pyridine rings is 1. The molecule has 0 bridgehead atoms. The lowest BCUT2D eigenvalue weighted by atomic mass is 10.0. The van der Waals surface area contributed by atoms with Crippen molar-refractivity contribution in [1.29, 1.82) is 5.26 Å². The van der Waals surface area contributed by atoms with Crippen LogP contribution in [0.25, 0.3) is 0 Å². The highest BCUT2D eigenvalue weighted by atomic mass is 16.1. The number of aromatic amines is 1. The predicted molar refractivity (Wildman–Crippen MR) is 100.0 cm³/mol. The van der Waals surface area contributed by atoms with Crippen LogP contribution < -0.4 is 10.5 Å². The lowest BCUT2D eigenvalue weighted by molar-refractivity contribution is 0.174. The van der Waals surface area contributed by atoms with Crippen LogP contribution in [0.4, 0.5) is 5.69 Å². The number of H-pyrrole nitrogens is 1. The van der Waals surface area contributed by atoms with Crippen molar-refractivity contribution in [3.63, 3.8) is 0 Å². The summed E-state index contributed by atoms with van der Waals surface area (Å²) in [6.07, 6.45) is 4.34. The zero-order valence-corrected chi connectivity index (χ0v) is 15.4. The van der Waals surface area contributed by atoms with Crippen LogP contribution in [0.5, 0.6) is 0 Å². The fraction of sp³-hybridized carbons (Fsp3) is 0.474. The molecule has 3 heterocycles. The Morgan fingerprint density at radius 2 is 2.27 bits per heavy atom. The molecule has 26 heavy (non-hydrogen) atoms. The van der Waals surface area contributed by atoms with Gasteiger partial charge in [0, 0.05) is 43.6 Å². The van der Waals surface area contributed by atoms with E-state index in [9.17, 15) is 10.1 Å². The minimum atomic E-state index is -0.434. The fourth-order valence-corrected chi connectivity index (χ4v) is 3.73. The van der Waals surface area contributed by atoms with Gasteiger partial charge >= 0.3 is 0 Å². The maximum absolute atomic E-state index is 11.9. The predicted octanol–water partition coefficient (Wildman–Crippen LogP) is 1.87. The summed E-state index contributed by atoms with van der Waals surface area (Å²) in [5.41, 5.74) is 2.73. The Morgan fingerprint density at radius 1 is 1.46 bits per heavy atom. The molecule has 136 valence electrons. The maximum atomic E-state index is 11.9. The second-order valence-electron chi connectivity index (χ2n) is 6.68. The van der Waals surface area contributed by atoms with Gasteiger partial charge in [-0.3, -0.25) is 14.7 Å². The Hall–Kier alpha value is -2.72. The van der Waals surface area contributed by atoms with Crippen molar-refractivity contribution >= 4 is 5.69 Å². The second kappa shape index (κ2) is 7.67. The minimum Gasteiger partial charge on any atom is -0.364 e. The number of rotatable bonds is 4. The molecule has 1 aliphatic heterocycles. The van der Waals surface area contributed by atoms with E-state index in [0.29, 0.717) is 5.69 Å². The van der Waals surface area contributed by atoms with Gasteiger partial charge in [-0.25, -0.2) is 5.10 Å². The SMILES string of the molecule is CCc1ncccc1[C@@H](C)N1CCN(c2cn[nH]c(=O)c2C#N)[C@H](C)C1. The number of piperazine rings is 1. The first-order chi connectivity index (χ1) is 12.6. The van der Waals surface area contributed by atoms with Gasteiger partial charge in [0.2, 0.25) is 0 Å². The fourth-order valence-electron chi connectivity index (χ4n) is 3.73. The Kier molecular flexibility index (Phi) is 5.33. The van der Waals surface area contributed by atoms with Crippen LogP contribution in [0.15, 0.2) is 29.3 Å². The third-order valence-corrected chi connectivity index (χ3v) is 5.17. The molecular weight excluding hydrogens is 328 g/mol. The molecule has 0 amide bonds. The molecule has 0 aromatic carbocycles. The normalized spacial score (nSPS) is 19.2. The van der Waals surface area contributed by atoms with Crippen LogP contribution in [-0.2, 0) is 6.42 Å². The first-order valence-electron chi connectivity index (χ1n) is 8.99. The minimum absolute atomic E-state index is 0.133. The van der Waals surface area contributed by atoms with Crippen molar-refractivity contribution in [1.82, 2.24) is 20.1 Å². The van der Waals surface area contributed by atoms with E-state index < -0.39 is 5.56 Å². The lowest BCUT2D eigenvalue weighted by Crippen LogP contribution is -2.53. The van der Waals surface area contributed by atoms with E-state index in [0.717, 1.165) is 31.7 Å². The number of aryl methyl sites for hydroxylation is 1. The van der Waals surface area contributed by atoms with E-state index in [2.05, 4.69) is 51.8 Å². The summed E-state index contributed by atoms with van der Waals surface area (Å²) in [4.78, 5) is 20.9. The summed E-state index contributed by atoms with van der Waals surface area (Å²) in [5.74, 6) is 0. The molecule has 1 fully saturated rings. The van der Waals surface area contributed by atoms with Gasteiger partial charge in [0.25, 0.3) is 5.56 Å². The number of hydrogen-bond acceptors (Lipinski definition) is 6. The summed E-state index contributed by atoms with van der Waals surface area (Å²) in [7, 11) is 0. The highest BCUT2D eigenvalue weighted by molar-refractivity contribution is 5.57. The Morgan fingerprint density at radius 3 is 2.96 bits per heavy atom. The third kappa shape index (κ3) is 3.33. The molecule has 1 saturated heterocycles. The second-order valence-corrected chi connectivity index (χ2v) is 6.68. The van der Waals surface area contributed by atoms with Gasteiger partial charge in [0.1, 0.15) is 11.6 Å². The van der Waals surface area contributed by atoms with Crippen LogP contribution in [0, 0.1) is 11.3 Å². The van der Waals surface area contributed by atoms with Crippen molar-refractivity contribution in [2.75, 3.05) is 24.5 Å². The Balaban J connectivity index is 1.80. The van der Waals surface area contributed by atoms with Gasteiger partial charge in [0.15, 0.2) is 0 Å². The van der Waals surface area contributed by atoms with Crippen LogP contribution >= 0.6 is 0 Å². The van der Waals surface area contributed by atoms with E-state index in [1.165, 1.54) is 5.56 Å². The smallest absolute Gasteiger partial charge is 0.284 e. The molecule has 1 aliphatic rings. The van der Waals surface area contributed by atoms with Crippen molar-refractivity contribution in [2.45, 2.75) is 39.3 Å². The highest BCUT2D eigenvalue weighted by Crippen LogP contribution is 2.28. The van der Waals surface area contributed by atoms with Gasteiger partial charge in [-0.05, 0) is 31.9 Å². The molecule has 3 rings (SSSR count). The largest absolute Gasteiger partial charge is 0.364 e. The Labute approximate surface area is 153 Å². The standard InChI is InChI=1S/C19H24N6O/c1-4-17-15(6-5-7-21-17)14(3)24-8-9-25(13(2)12-24)18-11-22-23-19(26)16(18)10-20/h5-7,11,13-14H,4,8-9,12H2,1-3H3,(H,23,26)/t13-,14-/m1/s1. The highest BCUT2D eigenvalue weighted by Gasteiger charge is 2.30. The number of hydrogen-bond donors (Lipinski definition) is 1. The van der Waals surface area contributed by atoms with Crippen LogP contribution in [0.2, 0.25) is 0 Å². The third-order valence-electron chi connectivity index (χ3n) is 5.17. The Bertz CT molecular complexity index is 871. The number of anilines is 1. The van der Waals surface area contributed by atoms with Crippen molar-refractivity contribution < 1.29 is 0 Å². The number of nitriles is 1. The maximum Gasteiger partial charge on any atom is 0.284 e. The molecule has 0 unspecified atom stereocenters. The van der Waals surface area contributed by atoms with E-state index in [4.69, 9.17) is 0 Å². The summed E-state index contributed by atoms with van der Waals surface area (Å²) in [6, 6.07) is 6.60. The summed E-state index contributed by atoms with van der Waals surface area (Å²) < 4.78 is 0. The van der Waals surface area contributed by atoms with Crippen LogP contribution in [-0.4, -0.2) is 45.8 Å². The molecule has 2 aromatic heterocycles. The average molecular weight is 352 g/mol. The van der Waals surface area contributed by atoms with Crippen molar-refractivity contribution in [3.05, 3.63) is 51.7 Å². The summed E-state index contributed by atoms with van der Waals surface area (Å²) in [5, 5.41) is 15.5. The number of nitrogens with one attached hydrogen (secondary N) is 1. The van der Waals surface area contributed by atoms with E-state index >= 15 is 0 Å². The van der Waals surface area contributed by atoms with Gasteiger partial charge in [-0.2, -0.15) is 10.4 Å². The first-order valence-corrected chi connectivity index (χ1v) is 8.99. The molecule has 0 saturated carbocycles. The van der Waals surface area contributed by atoms with Gasteiger partial charge < -0.3 is 4.90 Å². The van der Waals surface area contributed by atoms with Gasteiger partial charge in [-0.1, -0.05) is 13.0 Å². The van der Waals surface area contributed by atoms with Crippen LogP contribution in [0.1, 0.15) is 43.6 Å². The van der Waals surface area contributed by atoms with E-state index in [1.807, 2.05) is 18.3 Å². The van der Waals surface area contributed by atoms with E-state index in [1.54, 1.807) is 6.20 Å². The lowest BCUT2D eigenvalue weighted by Gasteiger charge is -2.43. The topological polar surface area (TPSA) is 88.9 Å². The zero-order chi connectivity index (χ0) is 18.7. The number of nitrogens with zero attached hydrogens (tertiary/aromatic N) is 5. The number of aromatic nitrogens is 3. The molecule has 0 aliphatic carbocycles. The summed E-state index contributed by atoms with van der Waals surface area (Å²) in [6.45, 7) is 8.90. The van der Waals surface area contributed by atoms with Crippen molar-refractivity contribution in [2.24, 2.45) is 0 Å². The molecule has 7 nitrogen and oxygen atoms in total. The first kappa shape index (κ1) is 18.1.